The monoisotopic (exact) mass is 565 g/mol. The molecule has 0 aromatic heterocycles. The Morgan fingerprint density at radius 1 is 1.07 bits per heavy atom. The summed E-state index contributed by atoms with van der Waals surface area (Å²) in [7, 11) is 0. The van der Waals surface area contributed by atoms with Crippen LogP contribution < -0.4 is 0 Å². The second-order valence-electron chi connectivity index (χ2n) is 10.5. The van der Waals surface area contributed by atoms with Gasteiger partial charge in [0.05, 0.1) is 30.1 Å². The van der Waals surface area contributed by atoms with Gasteiger partial charge in [-0.25, -0.2) is 4.79 Å². The van der Waals surface area contributed by atoms with E-state index in [9.17, 15) is 14.4 Å². The maximum absolute atomic E-state index is 12.9. The van der Waals surface area contributed by atoms with E-state index >= 15 is 0 Å². The van der Waals surface area contributed by atoms with Gasteiger partial charge in [0.25, 0.3) is 0 Å². The SMILES string of the molecule is C.CCC(C)(CC(CC(C)C(=O)O/N=C/c1c2ccccc2cc2ccccc12)C(=O)OCO)C(=O)OCC1CO1. The molecule has 1 heterocycles. The summed E-state index contributed by atoms with van der Waals surface area (Å²) in [5.41, 5.74) is -0.169. The number of benzene rings is 3. The van der Waals surface area contributed by atoms with Gasteiger partial charge in [-0.3, -0.25) is 9.59 Å². The Balaban J connectivity index is 0.00000462. The van der Waals surface area contributed by atoms with Crippen LogP contribution in [0.25, 0.3) is 21.5 Å². The van der Waals surface area contributed by atoms with Crippen LogP contribution in [0.15, 0.2) is 59.8 Å². The van der Waals surface area contributed by atoms with Crippen molar-refractivity contribution in [1.29, 1.82) is 0 Å². The third-order valence-electron chi connectivity index (χ3n) is 7.49. The third-order valence-corrected chi connectivity index (χ3v) is 7.49. The van der Waals surface area contributed by atoms with Gasteiger partial charge in [0.1, 0.15) is 12.7 Å². The first kappa shape index (κ1) is 31.7. The molecular formula is C32H39NO8. The van der Waals surface area contributed by atoms with Crippen molar-refractivity contribution in [2.75, 3.05) is 20.0 Å². The quantitative estimate of drug-likeness (QED) is 0.0556. The predicted molar refractivity (Wildman–Crippen MR) is 156 cm³/mol. The molecular weight excluding hydrogens is 526 g/mol. The van der Waals surface area contributed by atoms with Gasteiger partial charge in [0, 0.05) is 5.56 Å². The van der Waals surface area contributed by atoms with Gasteiger partial charge >= 0.3 is 17.9 Å². The summed E-state index contributed by atoms with van der Waals surface area (Å²) in [5.74, 6) is -3.38. The molecule has 4 rings (SSSR count). The lowest BCUT2D eigenvalue weighted by Gasteiger charge is -2.30. The maximum Gasteiger partial charge on any atom is 0.337 e. The van der Waals surface area contributed by atoms with Crippen molar-refractivity contribution >= 4 is 45.7 Å². The fraction of sp³-hybridized carbons (Fsp3) is 0.438. The van der Waals surface area contributed by atoms with Gasteiger partial charge in [-0.2, -0.15) is 0 Å². The van der Waals surface area contributed by atoms with E-state index in [2.05, 4.69) is 11.2 Å². The molecule has 4 unspecified atom stereocenters. The number of epoxide rings is 1. The maximum atomic E-state index is 12.9. The number of carbonyl (C=O) groups excluding carboxylic acids is 3. The van der Waals surface area contributed by atoms with Crippen LogP contribution in [0, 0.1) is 17.3 Å². The molecule has 9 nitrogen and oxygen atoms in total. The van der Waals surface area contributed by atoms with Crippen molar-refractivity contribution in [3.05, 3.63) is 60.2 Å². The average molecular weight is 566 g/mol. The van der Waals surface area contributed by atoms with Gasteiger partial charge in [-0.15, -0.1) is 0 Å². The molecule has 9 heteroatoms. The van der Waals surface area contributed by atoms with Crippen molar-refractivity contribution in [3.8, 4) is 0 Å². The molecule has 0 amide bonds. The summed E-state index contributed by atoms with van der Waals surface area (Å²) in [4.78, 5) is 43.7. The number of esters is 2. The van der Waals surface area contributed by atoms with Crippen LogP contribution in [-0.4, -0.2) is 55.3 Å². The molecule has 1 aliphatic heterocycles. The summed E-state index contributed by atoms with van der Waals surface area (Å²) < 4.78 is 15.3. The summed E-state index contributed by atoms with van der Waals surface area (Å²) in [6, 6.07) is 17.9. The molecule has 4 atom stereocenters. The summed E-state index contributed by atoms with van der Waals surface area (Å²) in [5, 5.41) is 17.2. The summed E-state index contributed by atoms with van der Waals surface area (Å²) in [6.07, 6.45) is 1.97. The van der Waals surface area contributed by atoms with Gasteiger partial charge in [-0.05, 0) is 53.8 Å². The van der Waals surface area contributed by atoms with Gasteiger partial charge in [0.15, 0.2) is 6.79 Å². The van der Waals surface area contributed by atoms with E-state index in [4.69, 9.17) is 24.2 Å². The lowest BCUT2D eigenvalue weighted by molar-refractivity contribution is -0.163. The summed E-state index contributed by atoms with van der Waals surface area (Å²) in [6.45, 7) is 5.07. The number of hydrogen-bond acceptors (Lipinski definition) is 9. The van der Waals surface area contributed by atoms with Gasteiger partial charge in [0.2, 0.25) is 0 Å². The first-order valence-corrected chi connectivity index (χ1v) is 13.5. The molecule has 1 fully saturated rings. The molecule has 1 aliphatic rings. The van der Waals surface area contributed by atoms with Crippen LogP contribution in [0.3, 0.4) is 0 Å². The molecule has 3 aromatic carbocycles. The Morgan fingerprint density at radius 2 is 1.68 bits per heavy atom. The Kier molecular flexibility index (Phi) is 11.0. The lowest BCUT2D eigenvalue weighted by Crippen LogP contribution is -2.36. The molecule has 1 N–H and O–H groups in total. The largest absolute Gasteiger partial charge is 0.462 e. The number of rotatable bonds is 13. The fourth-order valence-corrected chi connectivity index (χ4v) is 4.80. The van der Waals surface area contributed by atoms with E-state index in [1.54, 1.807) is 13.8 Å². The molecule has 41 heavy (non-hydrogen) atoms. The third kappa shape index (κ3) is 7.89. The van der Waals surface area contributed by atoms with E-state index in [0.29, 0.717) is 13.0 Å². The van der Waals surface area contributed by atoms with E-state index in [-0.39, 0.29) is 33.0 Å². The zero-order chi connectivity index (χ0) is 28.7. The molecule has 220 valence electrons. The number of hydrogen-bond donors (Lipinski definition) is 1. The van der Waals surface area contributed by atoms with Crippen LogP contribution in [0.5, 0.6) is 0 Å². The molecule has 0 bridgehead atoms. The Labute approximate surface area is 240 Å². The van der Waals surface area contributed by atoms with Gasteiger partial charge in [-0.1, -0.05) is 75.0 Å². The number of aliphatic hydroxyl groups is 1. The highest BCUT2D eigenvalue weighted by atomic mass is 16.7. The van der Waals surface area contributed by atoms with Crippen LogP contribution >= 0.6 is 0 Å². The minimum absolute atomic E-state index is 0. The standard InChI is InChI=1S/C31H35NO8.CH4/c1-4-31(3,30(36)38-18-24-17-37-24)15-23(29(35)39-19-33)13-20(2)28(34)40-32-16-27-25-11-7-5-9-21(25)14-22-10-6-8-12-26(22)27;/h5-12,14,16,20,23-24,33H,4,13,15,17-19H2,1-3H3;1H4/b32-16+;. The number of fused-ring (bicyclic) bond motifs is 2. The van der Waals surface area contributed by atoms with E-state index < -0.39 is 42.0 Å². The molecule has 0 radical (unpaired) electrons. The topological polar surface area (TPSA) is 124 Å². The molecule has 0 aliphatic carbocycles. The first-order valence-electron chi connectivity index (χ1n) is 13.5. The van der Waals surface area contributed by atoms with Gasteiger partial charge < -0.3 is 24.2 Å². The normalized spacial score (nSPS) is 17.3. The van der Waals surface area contributed by atoms with E-state index in [0.717, 1.165) is 27.1 Å². The minimum Gasteiger partial charge on any atom is -0.462 e. The average Bonchev–Trinajstić information content (AvgIpc) is 3.79. The Hall–Kier alpha value is -3.82. The second kappa shape index (κ2) is 14.2. The van der Waals surface area contributed by atoms with Crippen LogP contribution in [0.4, 0.5) is 0 Å². The number of carbonyl (C=O) groups is 3. The van der Waals surface area contributed by atoms with Crippen molar-refractivity contribution in [2.24, 2.45) is 22.4 Å². The minimum atomic E-state index is -0.995. The zero-order valence-corrected chi connectivity index (χ0v) is 23.0. The van der Waals surface area contributed by atoms with Crippen LogP contribution in [0.1, 0.15) is 53.0 Å². The predicted octanol–water partition coefficient (Wildman–Crippen LogP) is 5.39. The first-order chi connectivity index (χ1) is 19.3. The van der Waals surface area contributed by atoms with Crippen molar-refractivity contribution in [1.82, 2.24) is 0 Å². The van der Waals surface area contributed by atoms with Crippen molar-refractivity contribution in [3.63, 3.8) is 0 Å². The Morgan fingerprint density at radius 3 is 2.24 bits per heavy atom. The molecule has 0 saturated carbocycles. The number of oxime groups is 1. The van der Waals surface area contributed by atoms with Crippen molar-refractivity contribution < 1.29 is 38.5 Å². The fourth-order valence-electron chi connectivity index (χ4n) is 4.80. The highest BCUT2D eigenvalue weighted by molar-refractivity contribution is 6.13. The van der Waals surface area contributed by atoms with Crippen LogP contribution in [0.2, 0.25) is 0 Å². The highest BCUT2D eigenvalue weighted by Gasteiger charge is 2.40. The molecule has 0 spiro atoms. The Bertz CT molecular complexity index is 1340. The number of ether oxygens (including phenoxy) is 3. The number of aliphatic hydroxyl groups excluding tert-OH is 1. The number of nitrogens with zero attached hydrogens (tertiary/aromatic N) is 1. The smallest absolute Gasteiger partial charge is 0.337 e. The molecule has 1 saturated heterocycles. The van der Waals surface area contributed by atoms with E-state index in [1.165, 1.54) is 6.21 Å². The zero-order valence-electron chi connectivity index (χ0n) is 23.0. The van der Waals surface area contributed by atoms with Crippen LogP contribution in [-0.2, 0) is 33.4 Å². The van der Waals surface area contributed by atoms with E-state index in [1.807, 2.05) is 55.5 Å². The second-order valence-corrected chi connectivity index (χ2v) is 10.5. The highest BCUT2D eigenvalue weighted by Crippen LogP contribution is 2.35. The molecule has 3 aromatic rings. The lowest BCUT2D eigenvalue weighted by atomic mass is 9.76. The summed E-state index contributed by atoms with van der Waals surface area (Å²) >= 11 is 0. The van der Waals surface area contributed by atoms with Crippen molar-refractivity contribution in [2.45, 2.75) is 53.6 Å².